The Hall–Kier alpha value is -2.99. The number of aryl methyl sites for hydroxylation is 2. The Morgan fingerprint density at radius 1 is 0.968 bits per heavy atom. The van der Waals surface area contributed by atoms with E-state index in [2.05, 4.69) is 41.0 Å². The minimum atomic E-state index is 0.0336. The summed E-state index contributed by atoms with van der Waals surface area (Å²) in [5.41, 5.74) is 3.94. The second kappa shape index (κ2) is 8.63. The molecule has 0 amide bonds. The van der Waals surface area contributed by atoms with E-state index in [1.807, 2.05) is 0 Å². The molecule has 3 heterocycles. The van der Waals surface area contributed by atoms with E-state index in [0.29, 0.717) is 22.5 Å². The molecule has 1 fully saturated rings. The van der Waals surface area contributed by atoms with Crippen molar-refractivity contribution in [1.29, 1.82) is 0 Å². The number of piperazine rings is 1. The van der Waals surface area contributed by atoms with E-state index in [9.17, 15) is 4.79 Å². The second-order valence-corrected chi connectivity index (χ2v) is 8.42. The maximum Gasteiger partial charge on any atom is 0.231 e. The van der Waals surface area contributed by atoms with Gasteiger partial charge in [-0.1, -0.05) is 12.1 Å². The summed E-state index contributed by atoms with van der Waals surface area (Å²) >= 11 is 0. The molecular weight excluding hydrogens is 392 g/mol. The van der Waals surface area contributed by atoms with Crippen LogP contribution in [0, 0.1) is 6.92 Å². The predicted molar refractivity (Wildman–Crippen MR) is 121 cm³/mol. The van der Waals surface area contributed by atoms with Gasteiger partial charge in [0.25, 0.3) is 0 Å². The third-order valence-corrected chi connectivity index (χ3v) is 6.25. The van der Waals surface area contributed by atoms with Gasteiger partial charge in [0, 0.05) is 43.5 Å². The Morgan fingerprint density at radius 2 is 1.77 bits per heavy atom. The summed E-state index contributed by atoms with van der Waals surface area (Å²) in [6.45, 7) is 7.69. The maximum absolute atomic E-state index is 12.8. The molecule has 0 N–H and O–H groups in total. The topological polar surface area (TPSA) is 55.2 Å². The summed E-state index contributed by atoms with van der Waals surface area (Å²) in [4.78, 5) is 17.8. The Morgan fingerprint density at radius 3 is 2.58 bits per heavy atom. The zero-order valence-electron chi connectivity index (χ0n) is 17.9. The van der Waals surface area contributed by atoms with Crippen LogP contribution in [0.4, 0.5) is 5.69 Å². The van der Waals surface area contributed by atoms with Crippen LogP contribution in [0.2, 0.25) is 0 Å². The zero-order valence-corrected chi connectivity index (χ0v) is 17.9. The highest BCUT2D eigenvalue weighted by atomic mass is 16.7. The molecule has 31 heavy (non-hydrogen) atoms. The lowest BCUT2D eigenvalue weighted by atomic mass is 10.1. The summed E-state index contributed by atoms with van der Waals surface area (Å²) in [5, 5.41) is 0.564. The van der Waals surface area contributed by atoms with Crippen molar-refractivity contribution >= 4 is 16.7 Å². The first kappa shape index (κ1) is 19.9. The third-order valence-electron chi connectivity index (χ3n) is 6.25. The highest BCUT2D eigenvalue weighted by Gasteiger charge is 2.19. The van der Waals surface area contributed by atoms with E-state index >= 15 is 0 Å². The lowest BCUT2D eigenvalue weighted by Gasteiger charge is -2.36. The number of hydrogen-bond acceptors (Lipinski definition) is 6. The molecule has 1 aromatic heterocycles. The number of ether oxygens (including phenoxy) is 2. The van der Waals surface area contributed by atoms with Crippen LogP contribution in [0.5, 0.6) is 11.5 Å². The lowest BCUT2D eigenvalue weighted by Crippen LogP contribution is -2.46. The van der Waals surface area contributed by atoms with Gasteiger partial charge in [0.15, 0.2) is 16.9 Å². The van der Waals surface area contributed by atoms with Crippen molar-refractivity contribution in [1.82, 2.24) is 4.90 Å². The van der Waals surface area contributed by atoms with Gasteiger partial charge in [-0.25, -0.2) is 0 Å². The molecular formula is C25H28N2O4. The molecule has 2 aliphatic rings. The Labute approximate surface area is 182 Å². The van der Waals surface area contributed by atoms with Crippen LogP contribution in [0.25, 0.3) is 11.0 Å². The first-order chi connectivity index (χ1) is 15.2. The van der Waals surface area contributed by atoms with Crippen molar-refractivity contribution in [2.24, 2.45) is 0 Å². The molecule has 2 aromatic carbocycles. The molecule has 1 saturated heterocycles. The molecule has 0 spiro atoms. The van der Waals surface area contributed by atoms with Crippen molar-refractivity contribution < 1.29 is 13.9 Å². The average molecular weight is 421 g/mol. The zero-order chi connectivity index (χ0) is 21.2. The minimum Gasteiger partial charge on any atom is -0.464 e. The number of nitrogens with zero attached hydrogens (tertiary/aromatic N) is 2. The van der Waals surface area contributed by atoms with Crippen molar-refractivity contribution in [3.8, 4) is 11.5 Å². The molecule has 3 aromatic rings. The summed E-state index contributed by atoms with van der Waals surface area (Å²) < 4.78 is 16.5. The van der Waals surface area contributed by atoms with Crippen molar-refractivity contribution in [3.63, 3.8) is 0 Å². The Balaban J connectivity index is 1.12. The minimum absolute atomic E-state index is 0.0336. The summed E-state index contributed by atoms with van der Waals surface area (Å²) in [6.07, 6.45) is 4.38. The first-order valence-corrected chi connectivity index (χ1v) is 11.1. The molecule has 0 unspecified atom stereocenters. The molecule has 2 aliphatic heterocycles. The Kier molecular flexibility index (Phi) is 5.55. The van der Waals surface area contributed by atoms with Gasteiger partial charge in [-0.2, -0.15) is 0 Å². The molecule has 6 heteroatoms. The van der Waals surface area contributed by atoms with Gasteiger partial charge >= 0.3 is 0 Å². The molecule has 0 aliphatic carbocycles. The van der Waals surface area contributed by atoms with Gasteiger partial charge in [-0.3, -0.25) is 9.69 Å². The van der Waals surface area contributed by atoms with Crippen LogP contribution in [-0.2, 0) is 6.42 Å². The van der Waals surface area contributed by atoms with Crippen molar-refractivity contribution in [3.05, 3.63) is 64.0 Å². The van der Waals surface area contributed by atoms with Crippen LogP contribution in [-0.4, -0.2) is 44.4 Å². The number of benzene rings is 2. The molecule has 0 radical (unpaired) electrons. The largest absolute Gasteiger partial charge is 0.464 e. The fraction of sp³-hybridized carbons (Fsp3) is 0.400. The summed E-state index contributed by atoms with van der Waals surface area (Å²) in [7, 11) is 0. The van der Waals surface area contributed by atoms with E-state index in [1.54, 1.807) is 18.4 Å². The molecule has 0 bridgehead atoms. The lowest BCUT2D eigenvalue weighted by molar-refractivity contribution is 0.174. The molecule has 0 atom stereocenters. The fourth-order valence-corrected chi connectivity index (χ4v) is 4.44. The van der Waals surface area contributed by atoms with Crippen LogP contribution in [0.15, 0.2) is 51.9 Å². The predicted octanol–water partition coefficient (Wildman–Crippen LogP) is 3.98. The van der Waals surface area contributed by atoms with Crippen LogP contribution in [0.1, 0.15) is 24.0 Å². The molecule has 162 valence electrons. The van der Waals surface area contributed by atoms with E-state index in [1.165, 1.54) is 11.3 Å². The fourth-order valence-electron chi connectivity index (χ4n) is 4.44. The van der Waals surface area contributed by atoms with E-state index in [4.69, 9.17) is 13.9 Å². The van der Waals surface area contributed by atoms with Gasteiger partial charge in [0.05, 0.1) is 11.6 Å². The monoisotopic (exact) mass is 420 g/mol. The van der Waals surface area contributed by atoms with Crippen LogP contribution < -0.4 is 19.8 Å². The van der Waals surface area contributed by atoms with Crippen molar-refractivity contribution in [2.75, 3.05) is 44.4 Å². The van der Waals surface area contributed by atoms with E-state index < -0.39 is 0 Å². The number of rotatable bonds is 6. The average Bonchev–Trinajstić information content (AvgIpc) is 3.25. The van der Waals surface area contributed by atoms with Gasteiger partial charge in [-0.05, 0) is 56.5 Å². The SMILES string of the molecule is Cc1cccc(N2CCN(CCCCc3coc4cc5c(cc4c3=O)OCO5)CC2)c1. The number of anilines is 1. The van der Waals surface area contributed by atoms with Gasteiger partial charge < -0.3 is 18.8 Å². The van der Waals surface area contributed by atoms with Gasteiger partial charge in [0.1, 0.15) is 5.58 Å². The number of hydrogen-bond donors (Lipinski definition) is 0. The molecule has 6 nitrogen and oxygen atoms in total. The second-order valence-electron chi connectivity index (χ2n) is 8.42. The molecule has 5 rings (SSSR count). The quantitative estimate of drug-likeness (QED) is 0.563. The molecule has 0 saturated carbocycles. The highest BCUT2D eigenvalue weighted by Crippen LogP contribution is 2.35. The van der Waals surface area contributed by atoms with Gasteiger partial charge in [-0.15, -0.1) is 0 Å². The maximum atomic E-state index is 12.8. The van der Waals surface area contributed by atoms with Crippen molar-refractivity contribution in [2.45, 2.75) is 26.2 Å². The standard InChI is InChI=1S/C25H28N2O4/c1-18-5-4-7-20(13-18)27-11-9-26(10-12-27)8-3-2-6-19-16-29-22-15-24-23(30-17-31-24)14-21(22)25(19)28/h4-5,7,13-16H,2-3,6,8-12,17H2,1H3. The van der Waals surface area contributed by atoms with Crippen LogP contribution >= 0.6 is 0 Å². The number of unbranched alkanes of at least 4 members (excludes halogenated alkanes) is 1. The normalized spacial score (nSPS) is 16.2. The summed E-state index contributed by atoms with van der Waals surface area (Å²) in [6, 6.07) is 12.2. The smallest absolute Gasteiger partial charge is 0.231 e. The number of fused-ring (bicyclic) bond motifs is 2. The summed E-state index contributed by atoms with van der Waals surface area (Å²) in [5.74, 6) is 1.24. The Bertz CT molecular complexity index is 1130. The van der Waals surface area contributed by atoms with E-state index in [0.717, 1.165) is 57.5 Å². The highest BCUT2D eigenvalue weighted by molar-refractivity contribution is 5.81. The van der Waals surface area contributed by atoms with Crippen LogP contribution in [0.3, 0.4) is 0 Å². The van der Waals surface area contributed by atoms with Gasteiger partial charge in [0.2, 0.25) is 6.79 Å². The first-order valence-electron chi connectivity index (χ1n) is 11.1. The third kappa shape index (κ3) is 4.26. The van der Waals surface area contributed by atoms with E-state index in [-0.39, 0.29) is 12.2 Å².